The summed E-state index contributed by atoms with van der Waals surface area (Å²) in [4.78, 5) is 25.4. The van der Waals surface area contributed by atoms with Crippen LogP contribution in [0.25, 0.3) is 0 Å². The number of rotatable bonds is 11. The zero-order chi connectivity index (χ0) is 27.5. The summed E-state index contributed by atoms with van der Waals surface area (Å²) < 4.78 is 11.6. The summed E-state index contributed by atoms with van der Waals surface area (Å²) in [5, 5.41) is 16.5. The smallest absolute Gasteiger partial charge is 0.262 e. The quantitative estimate of drug-likeness (QED) is 0.264. The summed E-state index contributed by atoms with van der Waals surface area (Å²) in [5.74, 6) is -0.0108. The molecule has 196 valence electrons. The molecule has 0 aliphatic carbocycles. The third-order valence-electron chi connectivity index (χ3n) is 5.50. The van der Waals surface area contributed by atoms with E-state index in [0.717, 1.165) is 5.56 Å². The van der Waals surface area contributed by atoms with Gasteiger partial charge in [-0.05, 0) is 60.9 Å². The molecular formula is C29H29ClN4O4. The highest BCUT2D eigenvalue weighted by Crippen LogP contribution is 2.29. The van der Waals surface area contributed by atoms with Crippen LogP contribution in [0.2, 0.25) is 5.02 Å². The van der Waals surface area contributed by atoms with Crippen molar-refractivity contribution in [2.45, 2.75) is 33.4 Å². The first kappa shape index (κ1) is 28.2. The number of hydrogen-bond acceptors (Lipinski definition) is 6. The maximum Gasteiger partial charge on any atom is 0.262 e. The SMILES string of the molecule is CCOc1cc(C=NNC(=O)C(NC(=O)c2cccc(Cl)c2)C(C)C)ccc1OCc1ccccc1C#N. The molecule has 0 saturated heterocycles. The summed E-state index contributed by atoms with van der Waals surface area (Å²) in [6, 6.07) is 20.3. The van der Waals surface area contributed by atoms with Gasteiger partial charge in [-0.25, -0.2) is 5.43 Å². The van der Waals surface area contributed by atoms with E-state index in [9.17, 15) is 14.9 Å². The van der Waals surface area contributed by atoms with Gasteiger partial charge >= 0.3 is 0 Å². The van der Waals surface area contributed by atoms with E-state index in [-0.39, 0.29) is 12.5 Å². The molecule has 0 bridgehead atoms. The number of hydrogen-bond donors (Lipinski definition) is 2. The van der Waals surface area contributed by atoms with Crippen LogP contribution in [0.3, 0.4) is 0 Å². The normalized spacial score (nSPS) is 11.6. The minimum atomic E-state index is -0.801. The van der Waals surface area contributed by atoms with Crippen LogP contribution < -0.4 is 20.2 Å². The Morgan fingerprint density at radius 2 is 1.84 bits per heavy atom. The molecule has 2 N–H and O–H groups in total. The van der Waals surface area contributed by atoms with E-state index in [0.29, 0.717) is 39.8 Å². The van der Waals surface area contributed by atoms with Crippen molar-refractivity contribution in [1.29, 1.82) is 5.26 Å². The summed E-state index contributed by atoms with van der Waals surface area (Å²) >= 11 is 5.97. The monoisotopic (exact) mass is 532 g/mol. The summed E-state index contributed by atoms with van der Waals surface area (Å²) in [5.41, 5.74) is 4.85. The first-order chi connectivity index (χ1) is 18.3. The fraction of sp³-hybridized carbons (Fsp3) is 0.241. The Morgan fingerprint density at radius 3 is 2.55 bits per heavy atom. The zero-order valence-corrected chi connectivity index (χ0v) is 22.2. The Hall–Kier alpha value is -4.35. The van der Waals surface area contributed by atoms with E-state index >= 15 is 0 Å². The van der Waals surface area contributed by atoms with E-state index in [1.54, 1.807) is 48.5 Å². The Bertz CT molecular complexity index is 1350. The van der Waals surface area contributed by atoms with Crippen LogP contribution in [-0.4, -0.2) is 30.7 Å². The van der Waals surface area contributed by atoms with Crippen molar-refractivity contribution in [2.75, 3.05) is 6.61 Å². The lowest BCUT2D eigenvalue weighted by Gasteiger charge is -2.20. The van der Waals surface area contributed by atoms with Gasteiger partial charge in [0.05, 0.1) is 24.5 Å². The minimum Gasteiger partial charge on any atom is -0.490 e. The van der Waals surface area contributed by atoms with Gasteiger partial charge < -0.3 is 14.8 Å². The highest BCUT2D eigenvalue weighted by Gasteiger charge is 2.24. The fourth-order valence-electron chi connectivity index (χ4n) is 3.53. The standard InChI is InChI=1S/C29H29ClN4O4/c1-4-37-26-14-20(12-13-25(26)38-18-23-9-6-5-8-22(23)16-31)17-32-34-29(36)27(19(2)3)33-28(35)21-10-7-11-24(30)15-21/h5-15,17,19,27H,4,18H2,1-3H3,(H,33,35)(H,34,36). The van der Waals surface area contributed by atoms with E-state index in [4.69, 9.17) is 21.1 Å². The molecule has 0 aromatic heterocycles. The highest BCUT2D eigenvalue weighted by atomic mass is 35.5. The van der Waals surface area contributed by atoms with Crippen LogP contribution in [0.4, 0.5) is 0 Å². The largest absolute Gasteiger partial charge is 0.490 e. The molecular weight excluding hydrogens is 504 g/mol. The molecule has 3 rings (SSSR count). The summed E-state index contributed by atoms with van der Waals surface area (Å²) in [6.07, 6.45) is 1.48. The summed E-state index contributed by atoms with van der Waals surface area (Å²) in [7, 11) is 0. The lowest BCUT2D eigenvalue weighted by atomic mass is 10.0. The van der Waals surface area contributed by atoms with Gasteiger partial charge in [0.15, 0.2) is 11.5 Å². The molecule has 3 aromatic rings. The number of nitrogens with zero attached hydrogens (tertiary/aromatic N) is 2. The van der Waals surface area contributed by atoms with Crippen LogP contribution in [-0.2, 0) is 11.4 Å². The maximum atomic E-state index is 12.8. The highest BCUT2D eigenvalue weighted by molar-refractivity contribution is 6.31. The van der Waals surface area contributed by atoms with Crippen molar-refractivity contribution in [3.63, 3.8) is 0 Å². The number of amides is 2. The molecule has 1 unspecified atom stereocenters. The second-order valence-corrected chi connectivity index (χ2v) is 9.07. The fourth-order valence-corrected chi connectivity index (χ4v) is 3.72. The van der Waals surface area contributed by atoms with Crippen LogP contribution >= 0.6 is 11.6 Å². The van der Waals surface area contributed by atoms with Crippen molar-refractivity contribution in [3.8, 4) is 17.6 Å². The predicted molar refractivity (Wildman–Crippen MR) is 146 cm³/mol. The molecule has 9 heteroatoms. The average Bonchev–Trinajstić information content (AvgIpc) is 2.91. The number of ether oxygens (including phenoxy) is 2. The van der Waals surface area contributed by atoms with Gasteiger partial charge in [0, 0.05) is 16.1 Å². The molecule has 2 amide bonds. The maximum absolute atomic E-state index is 12.8. The zero-order valence-electron chi connectivity index (χ0n) is 21.4. The van der Waals surface area contributed by atoms with Crippen molar-refractivity contribution in [1.82, 2.24) is 10.7 Å². The van der Waals surface area contributed by atoms with Gasteiger partial charge in [-0.15, -0.1) is 0 Å². The van der Waals surface area contributed by atoms with E-state index in [2.05, 4.69) is 21.9 Å². The predicted octanol–water partition coefficient (Wildman–Crippen LogP) is 5.09. The number of carbonyl (C=O) groups is 2. The molecule has 0 fully saturated rings. The van der Waals surface area contributed by atoms with E-state index < -0.39 is 17.9 Å². The third kappa shape index (κ3) is 7.82. The molecule has 0 aliphatic heterocycles. The Kier molecular flexibility index (Phi) is 10.3. The number of nitrogens with one attached hydrogen (secondary N) is 2. The molecule has 0 aliphatic rings. The first-order valence-electron chi connectivity index (χ1n) is 12.1. The van der Waals surface area contributed by atoms with Gasteiger partial charge in [-0.3, -0.25) is 9.59 Å². The van der Waals surface area contributed by atoms with E-state index in [1.165, 1.54) is 12.3 Å². The van der Waals surface area contributed by atoms with Crippen molar-refractivity contribution >= 4 is 29.6 Å². The molecule has 38 heavy (non-hydrogen) atoms. The van der Waals surface area contributed by atoms with Gasteiger partial charge in [0.25, 0.3) is 11.8 Å². The van der Waals surface area contributed by atoms with Crippen molar-refractivity contribution in [2.24, 2.45) is 11.0 Å². The van der Waals surface area contributed by atoms with Gasteiger partial charge in [0.1, 0.15) is 12.6 Å². The lowest BCUT2D eigenvalue weighted by molar-refractivity contribution is -0.123. The second-order valence-electron chi connectivity index (χ2n) is 8.64. The molecule has 0 saturated carbocycles. The van der Waals surface area contributed by atoms with Crippen molar-refractivity contribution < 1.29 is 19.1 Å². The molecule has 0 radical (unpaired) electrons. The molecule has 3 aromatic carbocycles. The lowest BCUT2D eigenvalue weighted by Crippen LogP contribution is -2.48. The first-order valence-corrected chi connectivity index (χ1v) is 12.5. The average molecular weight is 533 g/mol. The third-order valence-corrected chi connectivity index (χ3v) is 5.73. The van der Waals surface area contributed by atoms with Crippen molar-refractivity contribution in [3.05, 3.63) is 94.0 Å². The topological polar surface area (TPSA) is 113 Å². The Morgan fingerprint density at radius 1 is 1.05 bits per heavy atom. The van der Waals surface area contributed by atoms with E-state index in [1.807, 2.05) is 32.9 Å². The number of hydrazone groups is 1. The Labute approximate surface area is 227 Å². The summed E-state index contributed by atoms with van der Waals surface area (Å²) in [6.45, 7) is 6.15. The Balaban J connectivity index is 1.65. The number of benzene rings is 3. The van der Waals surface area contributed by atoms with Crippen LogP contribution in [0, 0.1) is 17.2 Å². The molecule has 0 spiro atoms. The minimum absolute atomic E-state index is 0.180. The van der Waals surface area contributed by atoms with Crippen LogP contribution in [0.5, 0.6) is 11.5 Å². The molecule has 0 heterocycles. The van der Waals surface area contributed by atoms with Gasteiger partial charge in [0.2, 0.25) is 0 Å². The number of carbonyl (C=O) groups excluding carboxylic acids is 2. The molecule has 1 atom stereocenters. The van der Waals surface area contributed by atoms with Gasteiger partial charge in [-0.2, -0.15) is 10.4 Å². The van der Waals surface area contributed by atoms with Crippen LogP contribution in [0.1, 0.15) is 47.8 Å². The number of nitriles is 1. The molecule has 8 nitrogen and oxygen atoms in total. The number of halogens is 1. The van der Waals surface area contributed by atoms with Crippen LogP contribution in [0.15, 0.2) is 71.8 Å². The second kappa shape index (κ2) is 13.8. The van der Waals surface area contributed by atoms with Gasteiger partial charge in [-0.1, -0.05) is 49.7 Å².